The normalized spacial score (nSPS) is 11.6. The Kier molecular flexibility index (Phi) is 6.21. The van der Waals surface area contributed by atoms with Crippen molar-refractivity contribution in [2.75, 3.05) is 13.1 Å². The van der Waals surface area contributed by atoms with E-state index in [1.807, 2.05) is 6.92 Å². The van der Waals surface area contributed by atoms with E-state index in [9.17, 15) is 9.59 Å². The van der Waals surface area contributed by atoms with Gasteiger partial charge in [0.15, 0.2) is 0 Å². The fourth-order valence-corrected chi connectivity index (χ4v) is 1.70. The third-order valence-corrected chi connectivity index (χ3v) is 3.37. The van der Waals surface area contributed by atoms with Crippen LogP contribution in [0, 0.1) is 11.3 Å². The number of nitrogens with zero attached hydrogens (tertiary/aromatic N) is 1. The summed E-state index contributed by atoms with van der Waals surface area (Å²) in [6.45, 7) is 10.2. The number of carboxylic acids is 1. The molecular formula is C13H25NO3. The lowest BCUT2D eigenvalue weighted by Crippen LogP contribution is -2.46. The summed E-state index contributed by atoms with van der Waals surface area (Å²) in [5.41, 5.74) is -1.33. The van der Waals surface area contributed by atoms with Gasteiger partial charge < -0.3 is 10.0 Å². The Bertz CT molecular complexity index is 270. The number of rotatable bonds is 7. The number of carbonyl (C=O) groups is 2. The smallest absolute Gasteiger partial charge is 0.318 e. The van der Waals surface area contributed by atoms with Crippen LogP contribution in [-0.4, -0.2) is 35.0 Å². The van der Waals surface area contributed by atoms with Crippen molar-refractivity contribution in [1.29, 1.82) is 0 Å². The molecule has 1 amide bonds. The highest BCUT2D eigenvalue weighted by Gasteiger charge is 2.39. The predicted octanol–water partition coefficient (Wildman–Crippen LogP) is 2.38. The molecule has 4 nitrogen and oxygen atoms in total. The van der Waals surface area contributed by atoms with Crippen LogP contribution in [0.4, 0.5) is 0 Å². The van der Waals surface area contributed by atoms with Crippen LogP contribution < -0.4 is 0 Å². The molecule has 0 saturated heterocycles. The molecule has 0 aromatic rings. The van der Waals surface area contributed by atoms with E-state index in [-0.39, 0.29) is 5.91 Å². The molecule has 0 saturated carbocycles. The second kappa shape index (κ2) is 6.62. The number of amides is 1. The first-order valence-corrected chi connectivity index (χ1v) is 6.33. The summed E-state index contributed by atoms with van der Waals surface area (Å²) in [4.78, 5) is 24.9. The van der Waals surface area contributed by atoms with Gasteiger partial charge in [0, 0.05) is 13.1 Å². The molecule has 0 rings (SSSR count). The minimum absolute atomic E-state index is 0.292. The van der Waals surface area contributed by atoms with Crippen LogP contribution in [0.25, 0.3) is 0 Å². The minimum atomic E-state index is -1.33. The third kappa shape index (κ3) is 4.02. The van der Waals surface area contributed by atoms with Gasteiger partial charge in [-0.25, -0.2) is 0 Å². The molecule has 0 spiro atoms. The first-order chi connectivity index (χ1) is 7.81. The Morgan fingerprint density at radius 2 is 1.65 bits per heavy atom. The van der Waals surface area contributed by atoms with Gasteiger partial charge in [-0.15, -0.1) is 0 Å². The van der Waals surface area contributed by atoms with Crippen LogP contribution in [0.15, 0.2) is 0 Å². The molecule has 0 heterocycles. The molecule has 0 radical (unpaired) electrons. The topological polar surface area (TPSA) is 57.6 Å². The van der Waals surface area contributed by atoms with Crippen molar-refractivity contribution in [3.63, 3.8) is 0 Å². The van der Waals surface area contributed by atoms with Crippen molar-refractivity contribution in [2.45, 2.75) is 47.5 Å². The van der Waals surface area contributed by atoms with E-state index in [0.29, 0.717) is 19.0 Å². The fraction of sp³-hybridized carbons (Fsp3) is 0.846. The third-order valence-electron chi connectivity index (χ3n) is 3.37. The van der Waals surface area contributed by atoms with E-state index >= 15 is 0 Å². The summed E-state index contributed by atoms with van der Waals surface area (Å²) in [6, 6.07) is 0. The number of carbonyl (C=O) groups excluding carboxylic acids is 1. The van der Waals surface area contributed by atoms with Gasteiger partial charge in [0.1, 0.15) is 5.41 Å². The van der Waals surface area contributed by atoms with Crippen LogP contribution in [-0.2, 0) is 9.59 Å². The van der Waals surface area contributed by atoms with E-state index in [1.165, 1.54) is 13.8 Å². The Hall–Kier alpha value is -1.06. The summed E-state index contributed by atoms with van der Waals surface area (Å²) in [5.74, 6) is -0.909. The Labute approximate surface area is 104 Å². The molecule has 0 aliphatic carbocycles. The molecular weight excluding hydrogens is 218 g/mol. The molecule has 0 aromatic heterocycles. The molecule has 0 aliphatic heterocycles. The van der Waals surface area contributed by atoms with Gasteiger partial charge in [-0.05, 0) is 26.7 Å². The molecule has 4 heteroatoms. The summed E-state index contributed by atoms with van der Waals surface area (Å²) in [7, 11) is 0. The van der Waals surface area contributed by atoms with Crippen molar-refractivity contribution in [3.05, 3.63) is 0 Å². The summed E-state index contributed by atoms with van der Waals surface area (Å²) in [6.07, 6.45) is 2.02. The lowest BCUT2D eigenvalue weighted by Gasteiger charge is -2.31. The summed E-state index contributed by atoms with van der Waals surface area (Å²) in [5, 5.41) is 9.06. The molecule has 0 aromatic carbocycles. The highest BCUT2D eigenvalue weighted by molar-refractivity contribution is 6.00. The van der Waals surface area contributed by atoms with Gasteiger partial charge in [-0.2, -0.15) is 0 Å². The molecule has 1 N–H and O–H groups in total. The second-order valence-electron chi connectivity index (χ2n) is 4.96. The molecule has 0 unspecified atom stereocenters. The minimum Gasteiger partial charge on any atom is -0.480 e. The number of hydrogen-bond acceptors (Lipinski definition) is 2. The largest absolute Gasteiger partial charge is 0.480 e. The Morgan fingerprint density at radius 3 is 1.94 bits per heavy atom. The monoisotopic (exact) mass is 243 g/mol. The van der Waals surface area contributed by atoms with E-state index in [2.05, 4.69) is 13.8 Å². The van der Waals surface area contributed by atoms with Gasteiger partial charge in [-0.1, -0.05) is 26.7 Å². The zero-order valence-corrected chi connectivity index (χ0v) is 11.6. The average molecular weight is 243 g/mol. The quantitative estimate of drug-likeness (QED) is 0.698. The maximum absolute atomic E-state index is 12.1. The second-order valence-corrected chi connectivity index (χ2v) is 4.96. The molecule has 100 valence electrons. The molecule has 17 heavy (non-hydrogen) atoms. The molecule has 0 bridgehead atoms. The zero-order chi connectivity index (χ0) is 13.6. The van der Waals surface area contributed by atoms with Crippen molar-refractivity contribution < 1.29 is 14.7 Å². The first-order valence-electron chi connectivity index (χ1n) is 6.33. The van der Waals surface area contributed by atoms with E-state index in [0.717, 1.165) is 12.8 Å². The van der Waals surface area contributed by atoms with Crippen LogP contribution in [0.1, 0.15) is 47.5 Å². The number of carboxylic acid groups (broad SMARTS) is 1. The van der Waals surface area contributed by atoms with Crippen molar-refractivity contribution in [2.24, 2.45) is 11.3 Å². The van der Waals surface area contributed by atoms with E-state index < -0.39 is 11.4 Å². The molecule has 0 aliphatic rings. The van der Waals surface area contributed by atoms with Crippen LogP contribution in [0.3, 0.4) is 0 Å². The SMILES string of the molecule is CCC(CC)CN(CC)C(=O)C(C)(C)C(=O)O. The van der Waals surface area contributed by atoms with Gasteiger partial charge in [0.05, 0.1) is 0 Å². The van der Waals surface area contributed by atoms with Crippen LogP contribution >= 0.6 is 0 Å². The predicted molar refractivity (Wildman–Crippen MR) is 67.7 cm³/mol. The standard InChI is InChI=1S/C13H25NO3/c1-6-10(7-2)9-14(8-3)11(15)13(4,5)12(16)17/h10H,6-9H2,1-5H3,(H,16,17). The number of aliphatic carboxylic acids is 1. The average Bonchev–Trinajstić information content (AvgIpc) is 2.29. The highest BCUT2D eigenvalue weighted by Crippen LogP contribution is 2.21. The van der Waals surface area contributed by atoms with Crippen molar-refractivity contribution >= 4 is 11.9 Å². The molecule has 0 atom stereocenters. The Morgan fingerprint density at radius 1 is 1.18 bits per heavy atom. The maximum atomic E-state index is 12.1. The molecule has 0 fully saturated rings. The number of hydrogen-bond donors (Lipinski definition) is 1. The lowest BCUT2D eigenvalue weighted by atomic mass is 9.91. The van der Waals surface area contributed by atoms with Gasteiger partial charge >= 0.3 is 5.97 Å². The van der Waals surface area contributed by atoms with Gasteiger partial charge in [0.2, 0.25) is 5.91 Å². The highest BCUT2D eigenvalue weighted by atomic mass is 16.4. The van der Waals surface area contributed by atoms with Crippen LogP contribution in [0.2, 0.25) is 0 Å². The lowest BCUT2D eigenvalue weighted by molar-refractivity contribution is -0.158. The van der Waals surface area contributed by atoms with E-state index in [1.54, 1.807) is 4.90 Å². The fourth-order valence-electron chi connectivity index (χ4n) is 1.70. The summed E-state index contributed by atoms with van der Waals surface area (Å²) >= 11 is 0. The van der Waals surface area contributed by atoms with Gasteiger partial charge in [-0.3, -0.25) is 9.59 Å². The van der Waals surface area contributed by atoms with Crippen molar-refractivity contribution in [3.8, 4) is 0 Å². The maximum Gasteiger partial charge on any atom is 0.318 e. The first kappa shape index (κ1) is 15.9. The van der Waals surface area contributed by atoms with Gasteiger partial charge in [0.25, 0.3) is 0 Å². The van der Waals surface area contributed by atoms with Crippen molar-refractivity contribution in [1.82, 2.24) is 4.90 Å². The summed E-state index contributed by atoms with van der Waals surface area (Å²) < 4.78 is 0. The zero-order valence-electron chi connectivity index (χ0n) is 11.6. The van der Waals surface area contributed by atoms with Crippen LogP contribution in [0.5, 0.6) is 0 Å². The Balaban J connectivity index is 4.77. The van der Waals surface area contributed by atoms with E-state index in [4.69, 9.17) is 5.11 Å².